The number of nitrogens with one attached hydrogen (secondary N) is 1. The van der Waals surface area contributed by atoms with Crippen molar-refractivity contribution < 1.29 is 9.90 Å². The number of nitrogens with zero attached hydrogens (tertiary/aromatic N) is 3. The summed E-state index contributed by atoms with van der Waals surface area (Å²) in [5.41, 5.74) is 2.15. The number of hydrogen-bond donors (Lipinski definition) is 2. The van der Waals surface area contributed by atoms with E-state index in [1.807, 2.05) is 24.3 Å². The first-order valence-corrected chi connectivity index (χ1v) is 8.13. The van der Waals surface area contributed by atoms with Crippen molar-refractivity contribution in [2.75, 3.05) is 18.0 Å². The van der Waals surface area contributed by atoms with Crippen molar-refractivity contribution in [2.45, 2.75) is 26.0 Å². The zero-order valence-corrected chi connectivity index (χ0v) is 13.7. The van der Waals surface area contributed by atoms with Crippen LogP contribution in [0.25, 0.3) is 0 Å². The molecule has 1 amide bonds. The Morgan fingerprint density at radius 3 is 2.71 bits per heavy atom. The SMILES string of the molecule is CC(=O)NCc1ccc(N2C[C@@H](Cc3ccncc3)[C@@H](O)C2)nc1. The molecule has 1 aliphatic heterocycles. The number of rotatable bonds is 5. The molecule has 3 rings (SSSR count). The fourth-order valence-electron chi connectivity index (χ4n) is 3.00. The van der Waals surface area contributed by atoms with Crippen LogP contribution in [-0.2, 0) is 17.8 Å². The van der Waals surface area contributed by atoms with Crippen LogP contribution in [-0.4, -0.2) is 40.2 Å². The van der Waals surface area contributed by atoms with Gasteiger partial charge in [-0.15, -0.1) is 0 Å². The molecule has 3 heterocycles. The molecule has 0 radical (unpaired) electrons. The van der Waals surface area contributed by atoms with E-state index in [0.29, 0.717) is 13.1 Å². The van der Waals surface area contributed by atoms with Crippen LogP contribution in [0, 0.1) is 5.92 Å². The van der Waals surface area contributed by atoms with E-state index in [-0.39, 0.29) is 17.9 Å². The van der Waals surface area contributed by atoms with Crippen LogP contribution in [0.4, 0.5) is 5.82 Å². The Hall–Kier alpha value is -2.47. The molecule has 1 aliphatic rings. The highest BCUT2D eigenvalue weighted by Crippen LogP contribution is 2.25. The number of carbonyl (C=O) groups is 1. The summed E-state index contributed by atoms with van der Waals surface area (Å²) in [7, 11) is 0. The van der Waals surface area contributed by atoms with Crippen LogP contribution in [0.3, 0.4) is 0 Å². The van der Waals surface area contributed by atoms with Gasteiger partial charge in [-0.1, -0.05) is 6.07 Å². The molecule has 2 atom stereocenters. The van der Waals surface area contributed by atoms with Crippen molar-refractivity contribution in [3.8, 4) is 0 Å². The van der Waals surface area contributed by atoms with E-state index < -0.39 is 0 Å². The van der Waals surface area contributed by atoms with E-state index in [1.165, 1.54) is 12.5 Å². The first kappa shape index (κ1) is 16.4. The predicted octanol–water partition coefficient (Wildman–Crippen LogP) is 1.15. The minimum atomic E-state index is -0.362. The van der Waals surface area contributed by atoms with Gasteiger partial charge in [0.15, 0.2) is 0 Å². The summed E-state index contributed by atoms with van der Waals surface area (Å²) < 4.78 is 0. The third-order valence-corrected chi connectivity index (χ3v) is 4.33. The Bertz CT molecular complexity index is 675. The van der Waals surface area contributed by atoms with Crippen LogP contribution in [0.15, 0.2) is 42.9 Å². The molecule has 6 nitrogen and oxygen atoms in total. The summed E-state index contributed by atoms with van der Waals surface area (Å²) in [5.74, 6) is 0.992. The van der Waals surface area contributed by atoms with Gasteiger partial charge in [0.25, 0.3) is 0 Å². The second-order valence-corrected chi connectivity index (χ2v) is 6.23. The van der Waals surface area contributed by atoms with Gasteiger partial charge in [-0.2, -0.15) is 0 Å². The number of pyridine rings is 2. The molecule has 2 aromatic rings. The lowest BCUT2D eigenvalue weighted by Gasteiger charge is -2.17. The van der Waals surface area contributed by atoms with Crippen LogP contribution in [0.2, 0.25) is 0 Å². The van der Waals surface area contributed by atoms with Gasteiger partial charge >= 0.3 is 0 Å². The van der Waals surface area contributed by atoms with Gasteiger partial charge in [-0.3, -0.25) is 9.78 Å². The minimum Gasteiger partial charge on any atom is -0.391 e. The van der Waals surface area contributed by atoms with Crippen molar-refractivity contribution in [1.29, 1.82) is 0 Å². The molecular formula is C18H22N4O2. The molecule has 126 valence electrons. The number of anilines is 1. The molecule has 0 aromatic carbocycles. The Balaban J connectivity index is 1.60. The van der Waals surface area contributed by atoms with E-state index >= 15 is 0 Å². The summed E-state index contributed by atoms with van der Waals surface area (Å²) in [5, 5.41) is 13.1. The first-order chi connectivity index (χ1) is 11.6. The Morgan fingerprint density at radius 1 is 1.25 bits per heavy atom. The zero-order chi connectivity index (χ0) is 16.9. The summed E-state index contributed by atoms with van der Waals surface area (Å²) in [4.78, 5) is 21.5. The molecule has 1 fully saturated rings. The standard InChI is InChI=1S/C18H22N4O2/c1-13(23)20-9-15-2-3-18(21-10-15)22-11-16(17(24)12-22)8-14-4-6-19-7-5-14/h2-7,10,16-17,24H,8-9,11-12H2,1H3,(H,20,23)/t16-,17+/m1/s1. The number of aliphatic hydroxyl groups excluding tert-OH is 1. The monoisotopic (exact) mass is 326 g/mol. The van der Waals surface area contributed by atoms with Crippen molar-refractivity contribution >= 4 is 11.7 Å². The number of β-amino-alcohol motifs (C(OH)–C–C–N with tert-alkyl or cyclic N) is 1. The topological polar surface area (TPSA) is 78.4 Å². The Labute approximate surface area is 141 Å². The van der Waals surface area contributed by atoms with Gasteiger partial charge < -0.3 is 15.3 Å². The normalized spacial score (nSPS) is 20.2. The summed E-state index contributed by atoms with van der Waals surface area (Å²) in [6, 6.07) is 7.88. The second-order valence-electron chi connectivity index (χ2n) is 6.23. The summed E-state index contributed by atoms with van der Waals surface area (Å²) in [6.45, 7) is 3.35. The smallest absolute Gasteiger partial charge is 0.217 e. The van der Waals surface area contributed by atoms with Crippen LogP contribution in [0.1, 0.15) is 18.1 Å². The highest BCUT2D eigenvalue weighted by Gasteiger charge is 2.31. The third-order valence-electron chi connectivity index (χ3n) is 4.33. The maximum atomic E-state index is 10.9. The van der Waals surface area contributed by atoms with Crippen LogP contribution in [0.5, 0.6) is 0 Å². The van der Waals surface area contributed by atoms with Gasteiger partial charge in [0.05, 0.1) is 6.10 Å². The van der Waals surface area contributed by atoms with E-state index in [9.17, 15) is 9.90 Å². The number of aliphatic hydroxyl groups is 1. The van der Waals surface area contributed by atoms with Crippen LogP contribution >= 0.6 is 0 Å². The molecule has 0 saturated carbocycles. The molecule has 1 saturated heterocycles. The number of aromatic nitrogens is 2. The lowest BCUT2D eigenvalue weighted by Crippen LogP contribution is -2.22. The second kappa shape index (κ2) is 7.40. The molecule has 0 bridgehead atoms. The molecule has 0 spiro atoms. The molecule has 0 aliphatic carbocycles. The highest BCUT2D eigenvalue weighted by atomic mass is 16.3. The van der Waals surface area contributed by atoms with Gasteiger partial charge in [-0.05, 0) is 35.7 Å². The van der Waals surface area contributed by atoms with Crippen molar-refractivity contribution in [1.82, 2.24) is 15.3 Å². The quantitative estimate of drug-likeness (QED) is 0.862. The highest BCUT2D eigenvalue weighted by molar-refractivity contribution is 5.72. The summed E-state index contributed by atoms with van der Waals surface area (Å²) >= 11 is 0. The van der Waals surface area contributed by atoms with E-state index in [2.05, 4.69) is 20.2 Å². The Kier molecular flexibility index (Phi) is 5.05. The van der Waals surface area contributed by atoms with Crippen LogP contribution < -0.4 is 10.2 Å². The van der Waals surface area contributed by atoms with E-state index in [4.69, 9.17) is 0 Å². The third kappa shape index (κ3) is 4.08. The molecule has 2 N–H and O–H groups in total. The maximum Gasteiger partial charge on any atom is 0.217 e. The maximum absolute atomic E-state index is 10.9. The number of carbonyl (C=O) groups excluding carboxylic acids is 1. The molecular weight excluding hydrogens is 304 g/mol. The fourth-order valence-corrected chi connectivity index (χ4v) is 3.00. The van der Waals surface area contributed by atoms with Gasteiger partial charge in [0.2, 0.25) is 5.91 Å². The largest absolute Gasteiger partial charge is 0.391 e. The van der Waals surface area contributed by atoms with E-state index in [1.54, 1.807) is 18.6 Å². The Morgan fingerprint density at radius 2 is 2.04 bits per heavy atom. The van der Waals surface area contributed by atoms with Crippen molar-refractivity contribution in [2.24, 2.45) is 5.92 Å². The van der Waals surface area contributed by atoms with Crippen molar-refractivity contribution in [3.05, 3.63) is 54.0 Å². The minimum absolute atomic E-state index is 0.0549. The van der Waals surface area contributed by atoms with Crippen molar-refractivity contribution in [3.63, 3.8) is 0 Å². The lowest BCUT2D eigenvalue weighted by molar-refractivity contribution is -0.119. The molecule has 6 heteroatoms. The van der Waals surface area contributed by atoms with E-state index in [0.717, 1.165) is 24.3 Å². The summed E-state index contributed by atoms with van der Waals surface area (Å²) in [6.07, 6.45) is 5.81. The lowest BCUT2D eigenvalue weighted by atomic mass is 9.97. The average molecular weight is 326 g/mol. The zero-order valence-electron chi connectivity index (χ0n) is 13.7. The van der Waals surface area contributed by atoms with Gasteiger partial charge in [0, 0.05) is 51.1 Å². The first-order valence-electron chi connectivity index (χ1n) is 8.13. The molecule has 0 unspecified atom stereocenters. The number of amides is 1. The number of hydrogen-bond acceptors (Lipinski definition) is 5. The van der Waals surface area contributed by atoms with Gasteiger partial charge in [-0.25, -0.2) is 4.98 Å². The van der Waals surface area contributed by atoms with Gasteiger partial charge in [0.1, 0.15) is 5.82 Å². The average Bonchev–Trinajstić information content (AvgIpc) is 2.95. The molecule has 2 aromatic heterocycles. The predicted molar refractivity (Wildman–Crippen MR) is 91.4 cm³/mol. The fraction of sp³-hybridized carbons (Fsp3) is 0.389. The molecule has 24 heavy (non-hydrogen) atoms.